The highest BCUT2D eigenvalue weighted by Crippen LogP contribution is 2.35. The Morgan fingerprint density at radius 1 is 1.00 bits per heavy atom. The molecule has 1 saturated heterocycles. The van der Waals surface area contributed by atoms with E-state index in [1.807, 2.05) is 0 Å². The number of piperidine rings is 1. The molecule has 0 spiro atoms. The van der Waals surface area contributed by atoms with E-state index in [1.165, 1.54) is 94.2 Å². The van der Waals surface area contributed by atoms with Gasteiger partial charge in [-0.15, -0.1) is 0 Å². The van der Waals surface area contributed by atoms with Gasteiger partial charge in [-0.3, -0.25) is 0 Å². The number of alkyl halides is 1. The van der Waals surface area contributed by atoms with Crippen LogP contribution in [0.1, 0.15) is 95.8 Å². The summed E-state index contributed by atoms with van der Waals surface area (Å²) < 4.78 is 3.79. The van der Waals surface area contributed by atoms with E-state index in [0.29, 0.717) is 12.0 Å². The molecule has 1 aromatic heterocycles. The van der Waals surface area contributed by atoms with Crippen molar-refractivity contribution in [3.63, 3.8) is 0 Å². The standard InChI is InChI=1S/C26H40IN3/c1-3-21(19-27)26-28-24-13-9-10-14-25(24)30(26)23-15-17-29(18-16-23)20(2)22-11-7-5-4-6-8-12-22/h9-10,13-14,20-23H,3-8,11-12,15-19H2,1-2H3/t20?,21-/m1/s1. The fraction of sp³-hybridized carbons (Fsp3) is 0.731. The molecule has 0 radical (unpaired) electrons. The number of nitrogens with zero attached hydrogens (tertiary/aromatic N) is 3. The van der Waals surface area contributed by atoms with E-state index in [-0.39, 0.29) is 0 Å². The Hall–Kier alpha value is -0.620. The van der Waals surface area contributed by atoms with Crippen LogP contribution in [0.15, 0.2) is 24.3 Å². The maximum Gasteiger partial charge on any atom is 0.114 e. The monoisotopic (exact) mass is 521 g/mol. The molecule has 2 fully saturated rings. The topological polar surface area (TPSA) is 21.1 Å². The van der Waals surface area contributed by atoms with Crippen LogP contribution in [-0.2, 0) is 0 Å². The van der Waals surface area contributed by atoms with Crippen molar-refractivity contribution in [3.05, 3.63) is 30.1 Å². The highest BCUT2D eigenvalue weighted by Gasteiger charge is 2.31. The molecule has 1 aliphatic heterocycles. The van der Waals surface area contributed by atoms with Gasteiger partial charge in [0.15, 0.2) is 0 Å². The van der Waals surface area contributed by atoms with Gasteiger partial charge in [0.25, 0.3) is 0 Å². The van der Waals surface area contributed by atoms with Gasteiger partial charge in [0.05, 0.1) is 11.0 Å². The van der Waals surface area contributed by atoms with Crippen LogP contribution >= 0.6 is 22.6 Å². The van der Waals surface area contributed by atoms with Gasteiger partial charge in [-0.05, 0) is 57.1 Å². The first-order chi connectivity index (χ1) is 14.7. The van der Waals surface area contributed by atoms with Crippen molar-refractivity contribution in [3.8, 4) is 0 Å². The van der Waals surface area contributed by atoms with E-state index in [9.17, 15) is 0 Å². The lowest BCUT2D eigenvalue weighted by Gasteiger charge is -2.41. The third-order valence-electron chi connectivity index (χ3n) is 7.94. The van der Waals surface area contributed by atoms with Gasteiger partial charge in [-0.1, -0.05) is 73.8 Å². The van der Waals surface area contributed by atoms with Gasteiger partial charge < -0.3 is 9.47 Å². The molecular formula is C26H40IN3. The Morgan fingerprint density at radius 3 is 2.33 bits per heavy atom. The molecule has 0 bridgehead atoms. The molecule has 0 N–H and O–H groups in total. The van der Waals surface area contributed by atoms with Gasteiger partial charge in [0.1, 0.15) is 5.82 Å². The molecule has 1 aromatic carbocycles. The van der Waals surface area contributed by atoms with E-state index in [4.69, 9.17) is 4.98 Å². The van der Waals surface area contributed by atoms with Crippen molar-refractivity contribution in [1.82, 2.24) is 14.5 Å². The lowest BCUT2D eigenvalue weighted by atomic mass is 9.85. The fourth-order valence-electron chi connectivity index (χ4n) is 5.92. The third-order valence-corrected chi connectivity index (χ3v) is 9.00. The van der Waals surface area contributed by atoms with Crippen LogP contribution < -0.4 is 0 Å². The number of benzene rings is 1. The van der Waals surface area contributed by atoms with Crippen LogP contribution in [0.2, 0.25) is 0 Å². The summed E-state index contributed by atoms with van der Waals surface area (Å²) in [4.78, 5) is 7.94. The molecule has 2 aromatic rings. The molecule has 0 amide bonds. The first-order valence-corrected chi connectivity index (χ1v) is 14.0. The predicted molar refractivity (Wildman–Crippen MR) is 137 cm³/mol. The Kier molecular flexibility index (Phi) is 8.13. The summed E-state index contributed by atoms with van der Waals surface area (Å²) in [6.07, 6.45) is 13.9. The van der Waals surface area contributed by atoms with Crippen molar-refractivity contribution in [2.75, 3.05) is 17.5 Å². The minimum Gasteiger partial charge on any atom is -0.325 e. The second kappa shape index (κ2) is 10.8. The van der Waals surface area contributed by atoms with Crippen molar-refractivity contribution in [2.24, 2.45) is 5.92 Å². The van der Waals surface area contributed by atoms with Gasteiger partial charge >= 0.3 is 0 Å². The van der Waals surface area contributed by atoms with Gasteiger partial charge in [-0.2, -0.15) is 0 Å². The highest BCUT2D eigenvalue weighted by molar-refractivity contribution is 14.1. The van der Waals surface area contributed by atoms with Gasteiger partial charge in [0.2, 0.25) is 0 Å². The quantitative estimate of drug-likeness (QED) is 0.293. The highest BCUT2D eigenvalue weighted by atomic mass is 127. The van der Waals surface area contributed by atoms with Crippen molar-refractivity contribution >= 4 is 33.6 Å². The maximum atomic E-state index is 5.12. The molecule has 2 atom stereocenters. The second-order valence-electron chi connectivity index (χ2n) is 9.70. The van der Waals surface area contributed by atoms with E-state index in [0.717, 1.165) is 16.4 Å². The molecule has 4 rings (SSSR count). The summed E-state index contributed by atoms with van der Waals surface area (Å²) >= 11 is 2.55. The summed E-state index contributed by atoms with van der Waals surface area (Å²) in [7, 11) is 0. The van der Waals surface area contributed by atoms with E-state index < -0.39 is 0 Å². The smallest absolute Gasteiger partial charge is 0.114 e. The molecule has 1 unspecified atom stereocenters. The molecule has 2 aliphatic rings. The SMILES string of the molecule is CC[C@H](CI)c1nc2ccccc2n1C1CCN(C(C)C2CCCCCCC2)CC1. The summed E-state index contributed by atoms with van der Waals surface area (Å²) in [6.45, 7) is 7.32. The molecule has 30 heavy (non-hydrogen) atoms. The van der Waals surface area contributed by atoms with E-state index >= 15 is 0 Å². The Morgan fingerprint density at radius 2 is 1.67 bits per heavy atom. The van der Waals surface area contributed by atoms with Crippen LogP contribution in [0.5, 0.6) is 0 Å². The molecule has 2 heterocycles. The lowest BCUT2D eigenvalue weighted by Crippen LogP contribution is -2.44. The van der Waals surface area contributed by atoms with Crippen LogP contribution in [0.4, 0.5) is 0 Å². The van der Waals surface area contributed by atoms with Gasteiger partial charge in [0, 0.05) is 35.5 Å². The molecule has 1 saturated carbocycles. The Balaban J connectivity index is 1.48. The average Bonchev–Trinajstić information content (AvgIpc) is 3.13. The zero-order valence-electron chi connectivity index (χ0n) is 19.0. The molecule has 3 nitrogen and oxygen atoms in total. The van der Waals surface area contributed by atoms with Crippen molar-refractivity contribution in [2.45, 2.75) is 96.1 Å². The molecule has 1 aliphatic carbocycles. The molecular weight excluding hydrogens is 481 g/mol. The zero-order chi connectivity index (χ0) is 20.9. The number of aromatic nitrogens is 2. The number of hydrogen-bond donors (Lipinski definition) is 0. The summed E-state index contributed by atoms with van der Waals surface area (Å²) in [5.41, 5.74) is 2.53. The Bertz CT molecular complexity index is 781. The molecule has 4 heteroatoms. The molecule has 166 valence electrons. The minimum absolute atomic E-state index is 0.560. The Labute approximate surface area is 197 Å². The third kappa shape index (κ3) is 4.90. The van der Waals surface area contributed by atoms with Crippen LogP contribution in [0, 0.1) is 5.92 Å². The van der Waals surface area contributed by atoms with E-state index in [1.54, 1.807) is 0 Å². The number of imidazole rings is 1. The number of halogens is 1. The first kappa shape index (κ1) is 22.6. The first-order valence-electron chi connectivity index (χ1n) is 12.5. The van der Waals surface area contributed by atoms with Crippen LogP contribution in [-0.4, -0.2) is 38.0 Å². The number of hydrogen-bond acceptors (Lipinski definition) is 2. The number of para-hydroxylation sites is 2. The normalized spacial score (nSPS) is 22.6. The fourth-order valence-corrected chi connectivity index (χ4v) is 6.93. The maximum absolute atomic E-state index is 5.12. The predicted octanol–water partition coefficient (Wildman–Crippen LogP) is 7.35. The van der Waals surface area contributed by atoms with Gasteiger partial charge in [-0.25, -0.2) is 4.98 Å². The van der Waals surface area contributed by atoms with Crippen LogP contribution in [0.25, 0.3) is 11.0 Å². The van der Waals surface area contributed by atoms with E-state index in [2.05, 4.69) is 70.2 Å². The average molecular weight is 522 g/mol. The summed E-state index contributed by atoms with van der Waals surface area (Å²) in [5, 5.41) is 0. The number of fused-ring (bicyclic) bond motifs is 1. The van der Waals surface area contributed by atoms with Crippen LogP contribution in [0.3, 0.4) is 0 Å². The largest absolute Gasteiger partial charge is 0.325 e. The lowest BCUT2D eigenvalue weighted by molar-refractivity contribution is 0.0956. The summed E-state index contributed by atoms with van der Waals surface area (Å²) in [6, 6.07) is 10.1. The second-order valence-corrected chi connectivity index (χ2v) is 10.6. The minimum atomic E-state index is 0.560. The zero-order valence-corrected chi connectivity index (χ0v) is 21.2. The summed E-state index contributed by atoms with van der Waals surface area (Å²) in [5.74, 6) is 2.81. The number of likely N-dealkylation sites (tertiary alicyclic amines) is 1. The van der Waals surface area contributed by atoms with Crippen molar-refractivity contribution < 1.29 is 0 Å². The van der Waals surface area contributed by atoms with Crippen molar-refractivity contribution in [1.29, 1.82) is 0 Å². The number of rotatable bonds is 6.